The first kappa shape index (κ1) is 22.9. The summed E-state index contributed by atoms with van der Waals surface area (Å²) in [5.74, 6) is 6.72. The van der Waals surface area contributed by atoms with Crippen LogP contribution >= 0.6 is 0 Å². The van der Waals surface area contributed by atoms with Crippen LogP contribution in [0.3, 0.4) is 0 Å². The van der Waals surface area contributed by atoms with Gasteiger partial charge in [-0.05, 0) is 122 Å². The summed E-state index contributed by atoms with van der Waals surface area (Å²) in [6.45, 7) is 14.9. The second-order valence-corrected chi connectivity index (χ2v) is 12.9. The van der Waals surface area contributed by atoms with Crippen molar-refractivity contribution in [3.05, 3.63) is 12.2 Å². The predicted molar refractivity (Wildman–Crippen MR) is 128 cm³/mol. The zero-order valence-electron chi connectivity index (χ0n) is 20.9. The van der Waals surface area contributed by atoms with Gasteiger partial charge in [0.1, 0.15) is 0 Å². The van der Waals surface area contributed by atoms with Crippen molar-refractivity contribution >= 4 is 0 Å². The first-order valence-electron chi connectivity index (χ1n) is 13.6. The third-order valence-corrected chi connectivity index (χ3v) is 11.3. The summed E-state index contributed by atoms with van der Waals surface area (Å²) < 4.78 is 0. The van der Waals surface area contributed by atoms with Crippen LogP contribution in [-0.2, 0) is 0 Å². The zero-order chi connectivity index (χ0) is 21.7. The largest absolute Gasteiger partial charge is 0.393 e. The molecule has 0 aromatic rings. The van der Waals surface area contributed by atoms with E-state index in [1.807, 2.05) is 0 Å². The summed E-state index contributed by atoms with van der Waals surface area (Å²) in [5, 5.41) is 10.3. The maximum atomic E-state index is 10.3. The minimum Gasteiger partial charge on any atom is -0.393 e. The first-order chi connectivity index (χ1) is 14.2. The number of aliphatic hydroxyl groups excluding tert-OH is 1. The summed E-state index contributed by atoms with van der Waals surface area (Å²) in [7, 11) is 0. The SMILES string of the molecule is CC[C@H](C=C[C@@H](C)[C@H]1CC[C@H]2[C@@H]3CCC4CC(O)CC[C@]4(C)[C@H]3CC[C@]12C)C(C)C. The third-order valence-electron chi connectivity index (χ3n) is 11.3. The molecule has 0 aromatic heterocycles. The lowest BCUT2D eigenvalue weighted by Crippen LogP contribution is -2.54. The molecule has 10 atom stereocenters. The van der Waals surface area contributed by atoms with Crippen LogP contribution in [0.5, 0.6) is 0 Å². The molecule has 4 aliphatic carbocycles. The Morgan fingerprint density at radius 2 is 1.57 bits per heavy atom. The van der Waals surface area contributed by atoms with Crippen molar-refractivity contribution in [3.63, 3.8) is 0 Å². The van der Waals surface area contributed by atoms with E-state index in [4.69, 9.17) is 0 Å². The van der Waals surface area contributed by atoms with Crippen LogP contribution < -0.4 is 0 Å². The molecule has 0 heterocycles. The lowest BCUT2D eigenvalue weighted by Gasteiger charge is -2.61. The molecular formula is C29H50O. The molecule has 0 amide bonds. The topological polar surface area (TPSA) is 20.2 Å². The molecule has 0 spiro atoms. The van der Waals surface area contributed by atoms with Crippen molar-refractivity contribution in [2.75, 3.05) is 0 Å². The fraction of sp³-hybridized carbons (Fsp3) is 0.931. The van der Waals surface area contributed by atoms with Gasteiger partial charge in [-0.1, -0.05) is 53.7 Å². The highest BCUT2D eigenvalue weighted by molar-refractivity contribution is 5.11. The number of rotatable bonds is 5. The molecular weight excluding hydrogens is 364 g/mol. The molecule has 0 saturated heterocycles. The van der Waals surface area contributed by atoms with Gasteiger partial charge in [0, 0.05) is 0 Å². The lowest BCUT2D eigenvalue weighted by molar-refractivity contribution is -0.128. The molecule has 0 aliphatic heterocycles. The van der Waals surface area contributed by atoms with Crippen molar-refractivity contribution in [2.45, 2.75) is 112 Å². The molecule has 0 bridgehead atoms. The van der Waals surface area contributed by atoms with Gasteiger partial charge in [-0.25, -0.2) is 0 Å². The average Bonchev–Trinajstić information content (AvgIpc) is 3.06. The van der Waals surface area contributed by atoms with E-state index in [0.29, 0.717) is 10.8 Å². The van der Waals surface area contributed by atoms with Crippen LogP contribution in [0.25, 0.3) is 0 Å². The number of aliphatic hydroxyl groups is 1. The Hall–Kier alpha value is -0.300. The fourth-order valence-corrected chi connectivity index (χ4v) is 9.42. The van der Waals surface area contributed by atoms with Crippen LogP contribution in [0, 0.1) is 58.2 Å². The van der Waals surface area contributed by atoms with Gasteiger partial charge in [0.25, 0.3) is 0 Å². The van der Waals surface area contributed by atoms with E-state index in [2.05, 4.69) is 53.7 Å². The molecule has 4 aliphatic rings. The smallest absolute Gasteiger partial charge is 0.0543 e. The first-order valence-corrected chi connectivity index (χ1v) is 13.6. The Bertz CT molecular complexity index is 622. The van der Waals surface area contributed by atoms with Crippen molar-refractivity contribution in [1.82, 2.24) is 0 Å². The van der Waals surface area contributed by atoms with E-state index in [1.165, 1.54) is 51.4 Å². The van der Waals surface area contributed by atoms with Crippen LogP contribution in [0.15, 0.2) is 12.2 Å². The van der Waals surface area contributed by atoms with Crippen LogP contribution in [0.2, 0.25) is 0 Å². The number of hydrogen-bond acceptors (Lipinski definition) is 1. The van der Waals surface area contributed by atoms with Crippen LogP contribution in [0.1, 0.15) is 106 Å². The highest BCUT2D eigenvalue weighted by atomic mass is 16.3. The molecule has 2 unspecified atom stereocenters. The third kappa shape index (κ3) is 3.74. The second-order valence-electron chi connectivity index (χ2n) is 12.9. The van der Waals surface area contributed by atoms with Gasteiger partial charge in [0.05, 0.1) is 6.10 Å². The normalized spacial score (nSPS) is 48.3. The Labute approximate surface area is 187 Å². The molecule has 1 nitrogen and oxygen atoms in total. The van der Waals surface area contributed by atoms with Gasteiger partial charge < -0.3 is 5.11 Å². The van der Waals surface area contributed by atoms with Gasteiger partial charge >= 0.3 is 0 Å². The van der Waals surface area contributed by atoms with E-state index in [1.54, 1.807) is 0 Å². The standard InChI is InChI=1S/C29H50O/c1-7-21(19(2)3)9-8-20(4)25-12-13-26-24-11-10-22-18-23(30)14-16-28(22,5)27(24)15-17-29(25,26)6/h8-9,19-27,30H,7,10-18H2,1-6H3/t20-,21-,22?,23?,24+,25-,26+,27+,28+,29-/m1/s1. The summed E-state index contributed by atoms with van der Waals surface area (Å²) in [6.07, 6.45) is 18.5. The van der Waals surface area contributed by atoms with Crippen molar-refractivity contribution < 1.29 is 5.11 Å². The predicted octanol–water partition coefficient (Wildman–Crippen LogP) is 7.88. The highest BCUT2D eigenvalue weighted by Crippen LogP contribution is 2.68. The Morgan fingerprint density at radius 3 is 2.27 bits per heavy atom. The minimum atomic E-state index is -0.0187. The molecule has 1 heteroatoms. The van der Waals surface area contributed by atoms with E-state index in [-0.39, 0.29) is 6.10 Å². The Morgan fingerprint density at radius 1 is 0.867 bits per heavy atom. The van der Waals surface area contributed by atoms with E-state index < -0.39 is 0 Å². The summed E-state index contributed by atoms with van der Waals surface area (Å²) in [4.78, 5) is 0. The maximum absolute atomic E-state index is 10.3. The maximum Gasteiger partial charge on any atom is 0.0543 e. The average molecular weight is 415 g/mol. The van der Waals surface area contributed by atoms with Gasteiger partial charge in [-0.15, -0.1) is 0 Å². The Kier molecular flexibility index (Phi) is 6.53. The molecule has 1 N–H and O–H groups in total. The summed E-state index contributed by atoms with van der Waals surface area (Å²) >= 11 is 0. The second kappa shape index (κ2) is 8.57. The molecule has 0 radical (unpaired) electrons. The lowest BCUT2D eigenvalue weighted by atomic mass is 9.44. The molecule has 0 aromatic carbocycles. The zero-order valence-corrected chi connectivity index (χ0v) is 20.9. The van der Waals surface area contributed by atoms with Crippen molar-refractivity contribution in [2.24, 2.45) is 58.2 Å². The van der Waals surface area contributed by atoms with Gasteiger partial charge in [-0.3, -0.25) is 0 Å². The van der Waals surface area contributed by atoms with E-state index in [0.717, 1.165) is 60.2 Å². The van der Waals surface area contributed by atoms with Gasteiger partial charge in [0.2, 0.25) is 0 Å². The highest BCUT2D eigenvalue weighted by Gasteiger charge is 2.60. The van der Waals surface area contributed by atoms with Crippen molar-refractivity contribution in [1.29, 1.82) is 0 Å². The van der Waals surface area contributed by atoms with Crippen LogP contribution in [0.4, 0.5) is 0 Å². The minimum absolute atomic E-state index is 0.0187. The number of allylic oxidation sites excluding steroid dienone is 2. The molecule has 4 rings (SSSR count). The van der Waals surface area contributed by atoms with E-state index >= 15 is 0 Å². The quantitative estimate of drug-likeness (QED) is 0.454. The monoisotopic (exact) mass is 414 g/mol. The Balaban J connectivity index is 1.49. The summed E-state index contributed by atoms with van der Waals surface area (Å²) in [6, 6.07) is 0. The molecule has 4 saturated carbocycles. The van der Waals surface area contributed by atoms with E-state index in [9.17, 15) is 5.11 Å². The molecule has 30 heavy (non-hydrogen) atoms. The van der Waals surface area contributed by atoms with Gasteiger partial charge in [-0.2, -0.15) is 0 Å². The molecule has 4 fully saturated rings. The van der Waals surface area contributed by atoms with Crippen molar-refractivity contribution in [3.8, 4) is 0 Å². The fourth-order valence-electron chi connectivity index (χ4n) is 9.42. The van der Waals surface area contributed by atoms with Gasteiger partial charge in [0.15, 0.2) is 0 Å². The van der Waals surface area contributed by atoms with Crippen LogP contribution in [-0.4, -0.2) is 11.2 Å². The molecule has 172 valence electrons. The number of fused-ring (bicyclic) bond motifs is 5. The number of hydrogen-bond donors (Lipinski definition) is 1. The summed E-state index contributed by atoms with van der Waals surface area (Å²) in [5.41, 5.74) is 1.07.